The van der Waals surface area contributed by atoms with Crippen LogP contribution in [0.25, 0.3) is 0 Å². The molecule has 4 rings (SSSR count). The van der Waals surface area contributed by atoms with Gasteiger partial charge < -0.3 is 20.3 Å². The Morgan fingerprint density at radius 2 is 1.93 bits per heavy atom. The maximum Gasteiger partial charge on any atom is 0.234 e. The van der Waals surface area contributed by atoms with Crippen LogP contribution in [0.15, 0.2) is 30.3 Å². The number of hydrogen-bond donors (Lipinski definition) is 2. The Bertz CT molecular complexity index is 897. The molecule has 0 unspecified atom stereocenters. The van der Waals surface area contributed by atoms with Gasteiger partial charge >= 0.3 is 0 Å². The van der Waals surface area contributed by atoms with Gasteiger partial charge in [0.25, 0.3) is 0 Å². The summed E-state index contributed by atoms with van der Waals surface area (Å²) in [5.74, 6) is 1.86. The summed E-state index contributed by atoms with van der Waals surface area (Å²) in [6.07, 6.45) is 7.04. The molecule has 30 heavy (non-hydrogen) atoms. The van der Waals surface area contributed by atoms with Crippen molar-refractivity contribution >= 4 is 40.7 Å². The van der Waals surface area contributed by atoms with Gasteiger partial charge in [-0.15, -0.1) is 0 Å². The maximum absolute atomic E-state index is 6.26. The molecule has 160 valence electrons. The Labute approximate surface area is 188 Å². The zero-order valence-electron chi connectivity index (χ0n) is 17.3. The first-order chi connectivity index (χ1) is 14.6. The van der Waals surface area contributed by atoms with Gasteiger partial charge in [0.2, 0.25) is 11.8 Å². The number of benzene rings is 1. The minimum absolute atomic E-state index is 0.0482. The average Bonchev–Trinajstić information content (AvgIpc) is 3.45. The van der Waals surface area contributed by atoms with E-state index in [1.807, 2.05) is 18.2 Å². The molecule has 1 aromatic carbocycles. The summed E-state index contributed by atoms with van der Waals surface area (Å²) in [5, 5.41) is 7.85. The normalized spacial score (nSPS) is 17.7. The molecule has 1 aliphatic heterocycles. The molecule has 0 bridgehead atoms. The van der Waals surface area contributed by atoms with Crippen molar-refractivity contribution in [1.82, 2.24) is 15.3 Å². The molecule has 0 amide bonds. The van der Waals surface area contributed by atoms with Crippen LogP contribution in [0.5, 0.6) is 5.88 Å². The van der Waals surface area contributed by atoms with E-state index in [0.29, 0.717) is 16.9 Å². The fourth-order valence-electron chi connectivity index (χ4n) is 4.51. The first-order valence-corrected chi connectivity index (χ1v) is 11.4. The molecule has 1 aliphatic carbocycles. The fraction of sp³-hybridized carbons (Fsp3) is 0.500. The maximum atomic E-state index is 6.26. The summed E-state index contributed by atoms with van der Waals surface area (Å²) >= 11 is 11.8. The fourth-order valence-corrected chi connectivity index (χ4v) is 4.87. The second-order valence-electron chi connectivity index (χ2n) is 8.09. The average molecular weight is 446 g/mol. The Morgan fingerprint density at radius 3 is 2.63 bits per heavy atom. The third-order valence-corrected chi connectivity index (χ3v) is 6.62. The summed E-state index contributed by atoms with van der Waals surface area (Å²) in [6, 6.07) is 10.1. The monoisotopic (exact) mass is 445 g/mol. The van der Waals surface area contributed by atoms with Gasteiger partial charge in [0, 0.05) is 36.1 Å². The van der Waals surface area contributed by atoms with Crippen molar-refractivity contribution in [1.29, 1.82) is 0 Å². The van der Waals surface area contributed by atoms with E-state index in [0.717, 1.165) is 43.3 Å². The molecule has 0 spiro atoms. The molecule has 2 N–H and O–H groups in total. The lowest BCUT2D eigenvalue weighted by Crippen LogP contribution is -2.41. The Balaban J connectivity index is 1.44. The van der Waals surface area contributed by atoms with Crippen LogP contribution in [0, 0.1) is 0 Å². The van der Waals surface area contributed by atoms with Gasteiger partial charge in [-0.1, -0.05) is 36.6 Å². The largest absolute Gasteiger partial charge is 0.481 e. The number of nitrogens with zero attached hydrogens (tertiary/aromatic N) is 3. The highest BCUT2D eigenvalue weighted by atomic mass is 35.5. The first-order valence-electron chi connectivity index (χ1n) is 10.6. The Morgan fingerprint density at radius 1 is 1.17 bits per heavy atom. The van der Waals surface area contributed by atoms with E-state index in [4.69, 9.17) is 28.6 Å². The highest BCUT2D eigenvalue weighted by Gasteiger charge is 2.35. The van der Waals surface area contributed by atoms with Crippen LogP contribution in [0.3, 0.4) is 0 Å². The van der Waals surface area contributed by atoms with E-state index in [1.54, 1.807) is 7.11 Å². The van der Waals surface area contributed by atoms with Crippen molar-refractivity contribution in [3.8, 4) is 5.88 Å². The number of anilines is 2. The third-order valence-electron chi connectivity index (χ3n) is 6.14. The summed E-state index contributed by atoms with van der Waals surface area (Å²) in [4.78, 5) is 11.3. The number of halogens is 1. The zero-order chi connectivity index (χ0) is 21.0. The van der Waals surface area contributed by atoms with E-state index < -0.39 is 0 Å². The molecule has 1 saturated heterocycles. The molecule has 2 aromatic rings. The van der Waals surface area contributed by atoms with Gasteiger partial charge in [0.1, 0.15) is 5.82 Å². The SMILES string of the molecule is COc1cc(N2CCCC2)nc(NC(=S)NCC2(c3cccc(Cl)c3)CCCC2)n1. The standard InChI is InChI=1S/C22H28ClN5OS/c1-29-19-14-18(28-11-4-5-12-28)25-20(26-19)27-21(30)24-15-22(9-2-3-10-22)16-7-6-8-17(23)13-16/h6-8,13-14H,2-5,9-12,15H2,1H3,(H2,24,25,26,27,30). The van der Waals surface area contributed by atoms with Gasteiger partial charge in [-0.05, 0) is 55.6 Å². The third kappa shape index (κ3) is 4.78. The van der Waals surface area contributed by atoms with Crippen LogP contribution in [-0.4, -0.2) is 41.8 Å². The van der Waals surface area contributed by atoms with E-state index in [9.17, 15) is 0 Å². The number of ether oxygens (including phenoxy) is 1. The number of hydrogen-bond acceptors (Lipinski definition) is 5. The molecule has 8 heteroatoms. The highest BCUT2D eigenvalue weighted by molar-refractivity contribution is 7.80. The van der Waals surface area contributed by atoms with Crippen molar-refractivity contribution in [3.63, 3.8) is 0 Å². The summed E-state index contributed by atoms with van der Waals surface area (Å²) in [7, 11) is 1.62. The van der Waals surface area contributed by atoms with Crippen molar-refractivity contribution in [2.24, 2.45) is 0 Å². The molecule has 2 fully saturated rings. The summed E-state index contributed by atoms with van der Waals surface area (Å²) < 4.78 is 5.37. The second kappa shape index (κ2) is 9.35. The smallest absolute Gasteiger partial charge is 0.234 e. The molecule has 1 aromatic heterocycles. The Kier molecular flexibility index (Phi) is 6.58. The predicted molar refractivity (Wildman–Crippen MR) is 126 cm³/mol. The topological polar surface area (TPSA) is 62.3 Å². The van der Waals surface area contributed by atoms with E-state index >= 15 is 0 Å². The molecular formula is C22H28ClN5OS. The minimum atomic E-state index is 0.0482. The number of aromatic nitrogens is 2. The Hall–Kier alpha value is -2.12. The van der Waals surface area contributed by atoms with Gasteiger partial charge in [-0.3, -0.25) is 0 Å². The van der Waals surface area contributed by atoms with E-state index in [-0.39, 0.29) is 5.41 Å². The van der Waals surface area contributed by atoms with Gasteiger partial charge in [-0.2, -0.15) is 9.97 Å². The molecular weight excluding hydrogens is 418 g/mol. The van der Waals surface area contributed by atoms with Crippen LogP contribution >= 0.6 is 23.8 Å². The molecule has 0 radical (unpaired) electrons. The van der Waals surface area contributed by atoms with Crippen molar-refractivity contribution in [2.75, 3.05) is 37.0 Å². The lowest BCUT2D eigenvalue weighted by atomic mass is 9.79. The predicted octanol–water partition coefficient (Wildman–Crippen LogP) is 4.54. The molecule has 2 heterocycles. The molecule has 6 nitrogen and oxygen atoms in total. The van der Waals surface area contributed by atoms with Crippen LogP contribution in [0.2, 0.25) is 5.02 Å². The van der Waals surface area contributed by atoms with Gasteiger partial charge in [0.05, 0.1) is 7.11 Å². The number of methoxy groups -OCH3 is 1. The van der Waals surface area contributed by atoms with Gasteiger partial charge in [0.15, 0.2) is 5.11 Å². The molecule has 0 atom stereocenters. The minimum Gasteiger partial charge on any atom is -0.481 e. The zero-order valence-corrected chi connectivity index (χ0v) is 18.9. The van der Waals surface area contributed by atoms with E-state index in [2.05, 4.69) is 37.6 Å². The number of rotatable bonds is 6. The second-order valence-corrected chi connectivity index (χ2v) is 8.94. The van der Waals surface area contributed by atoms with Crippen LogP contribution in [0.1, 0.15) is 44.1 Å². The highest BCUT2D eigenvalue weighted by Crippen LogP contribution is 2.41. The summed E-state index contributed by atoms with van der Waals surface area (Å²) in [6.45, 7) is 2.76. The van der Waals surface area contributed by atoms with Crippen molar-refractivity contribution < 1.29 is 4.74 Å². The van der Waals surface area contributed by atoms with Gasteiger partial charge in [-0.25, -0.2) is 0 Å². The van der Waals surface area contributed by atoms with Crippen LogP contribution in [-0.2, 0) is 5.41 Å². The lowest BCUT2D eigenvalue weighted by molar-refractivity contribution is 0.397. The van der Waals surface area contributed by atoms with Crippen molar-refractivity contribution in [3.05, 3.63) is 40.9 Å². The first kappa shape index (κ1) is 21.1. The number of nitrogens with one attached hydrogen (secondary N) is 2. The lowest BCUT2D eigenvalue weighted by Gasteiger charge is -2.30. The molecule has 1 saturated carbocycles. The van der Waals surface area contributed by atoms with Crippen molar-refractivity contribution in [2.45, 2.75) is 43.9 Å². The number of thiocarbonyl (C=S) groups is 1. The van der Waals surface area contributed by atoms with E-state index in [1.165, 1.54) is 31.2 Å². The quantitative estimate of drug-likeness (QED) is 0.633. The van der Waals surface area contributed by atoms with Crippen LogP contribution < -0.4 is 20.3 Å². The molecule has 2 aliphatic rings. The summed E-state index contributed by atoms with van der Waals surface area (Å²) in [5.41, 5.74) is 1.32. The van der Waals surface area contributed by atoms with Crippen LogP contribution in [0.4, 0.5) is 11.8 Å².